The Hall–Kier alpha value is -1.98. The maximum absolute atomic E-state index is 8.79. The Morgan fingerprint density at radius 2 is 1.67 bits per heavy atom. The average Bonchev–Trinajstić information content (AvgIpc) is 2.34. The van der Waals surface area contributed by atoms with E-state index >= 15 is 0 Å². The second-order valence-electron chi connectivity index (χ2n) is 4.10. The first-order valence-corrected chi connectivity index (χ1v) is 5.92. The van der Waals surface area contributed by atoms with Crippen molar-refractivity contribution in [1.29, 1.82) is 5.26 Å². The van der Waals surface area contributed by atoms with Gasteiger partial charge in [-0.2, -0.15) is 5.26 Å². The summed E-state index contributed by atoms with van der Waals surface area (Å²) in [6, 6.07) is 12.9. The summed E-state index contributed by atoms with van der Waals surface area (Å²) in [5, 5.41) is 9.19. The number of hydrogen-bond acceptors (Lipinski definition) is 2. The van der Waals surface area contributed by atoms with Crippen molar-refractivity contribution in [2.75, 3.05) is 0 Å². The average molecular weight is 258 g/mol. The van der Waals surface area contributed by atoms with Crippen LogP contribution in [0.25, 0.3) is 0 Å². The van der Waals surface area contributed by atoms with Crippen molar-refractivity contribution in [1.82, 2.24) is 0 Å². The lowest BCUT2D eigenvalue weighted by Gasteiger charge is -2.08. The normalized spacial score (nSPS) is 9.89. The molecule has 2 aromatic carbocycles. The molecule has 0 bridgehead atoms. The van der Waals surface area contributed by atoms with E-state index in [2.05, 4.69) is 6.92 Å². The Morgan fingerprint density at radius 3 is 2.28 bits per heavy atom. The van der Waals surface area contributed by atoms with Crippen molar-refractivity contribution < 1.29 is 4.74 Å². The summed E-state index contributed by atoms with van der Waals surface area (Å²) in [6.07, 6.45) is 0. The largest absolute Gasteiger partial charge is 0.457 e. The fourth-order valence-electron chi connectivity index (χ4n) is 1.56. The minimum atomic E-state index is 0.402. The Bertz CT molecular complexity index is 629. The molecule has 0 unspecified atom stereocenters. The zero-order valence-electron chi connectivity index (χ0n) is 10.2. The monoisotopic (exact) mass is 257 g/mol. The van der Waals surface area contributed by atoms with E-state index in [1.807, 2.05) is 31.2 Å². The molecule has 0 heterocycles. The molecular weight excluding hydrogens is 246 g/mol. The quantitative estimate of drug-likeness (QED) is 0.786. The van der Waals surface area contributed by atoms with E-state index in [1.165, 1.54) is 11.1 Å². The molecule has 2 aromatic rings. The highest BCUT2D eigenvalue weighted by atomic mass is 35.5. The van der Waals surface area contributed by atoms with Gasteiger partial charge in [0.1, 0.15) is 17.6 Å². The van der Waals surface area contributed by atoms with Gasteiger partial charge in [-0.05, 0) is 49.2 Å². The fourth-order valence-corrected chi connectivity index (χ4v) is 1.78. The lowest BCUT2D eigenvalue weighted by atomic mass is 10.1. The molecule has 0 saturated heterocycles. The minimum absolute atomic E-state index is 0.402. The van der Waals surface area contributed by atoms with Gasteiger partial charge in [-0.3, -0.25) is 0 Å². The van der Waals surface area contributed by atoms with Crippen LogP contribution in [0.5, 0.6) is 11.5 Å². The number of ether oxygens (including phenoxy) is 1. The summed E-state index contributed by atoms with van der Waals surface area (Å²) in [4.78, 5) is 0. The molecule has 18 heavy (non-hydrogen) atoms. The smallest absolute Gasteiger partial charge is 0.129 e. The molecule has 0 spiro atoms. The van der Waals surface area contributed by atoms with Crippen molar-refractivity contribution in [3.63, 3.8) is 0 Å². The number of nitriles is 1. The van der Waals surface area contributed by atoms with Crippen molar-refractivity contribution >= 4 is 11.6 Å². The van der Waals surface area contributed by atoms with Crippen LogP contribution >= 0.6 is 11.6 Å². The number of aryl methyl sites for hydroxylation is 2. The van der Waals surface area contributed by atoms with Crippen LogP contribution in [0, 0.1) is 25.2 Å². The van der Waals surface area contributed by atoms with Gasteiger partial charge in [0.05, 0.1) is 10.6 Å². The predicted molar refractivity (Wildman–Crippen MR) is 72.2 cm³/mol. The Labute approximate surface area is 111 Å². The molecule has 0 aromatic heterocycles. The standard InChI is InChI=1S/C15H12ClNO/c1-10-3-5-13(7-11(10)2)18-14-6-4-12(9-17)15(16)8-14/h3-8H,1-2H3. The van der Waals surface area contributed by atoms with Crippen molar-refractivity contribution in [3.8, 4) is 17.6 Å². The Morgan fingerprint density at radius 1 is 1.00 bits per heavy atom. The highest BCUT2D eigenvalue weighted by Crippen LogP contribution is 2.27. The summed E-state index contributed by atoms with van der Waals surface area (Å²) in [6.45, 7) is 4.09. The number of rotatable bonds is 2. The van der Waals surface area contributed by atoms with Gasteiger partial charge in [0.2, 0.25) is 0 Å². The third-order valence-corrected chi connectivity index (χ3v) is 3.09. The lowest BCUT2D eigenvalue weighted by molar-refractivity contribution is 0.482. The Kier molecular flexibility index (Phi) is 3.55. The summed E-state index contributed by atoms with van der Waals surface area (Å²) >= 11 is 5.95. The highest BCUT2D eigenvalue weighted by molar-refractivity contribution is 6.31. The topological polar surface area (TPSA) is 33.0 Å². The van der Waals surface area contributed by atoms with Crippen LogP contribution in [0.4, 0.5) is 0 Å². The molecule has 0 atom stereocenters. The van der Waals surface area contributed by atoms with Crippen LogP contribution < -0.4 is 4.74 Å². The molecule has 0 aliphatic heterocycles. The van der Waals surface area contributed by atoms with E-state index in [0.717, 1.165) is 5.75 Å². The maximum atomic E-state index is 8.79. The molecule has 2 nitrogen and oxygen atoms in total. The SMILES string of the molecule is Cc1ccc(Oc2ccc(C#N)c(Cl)c2)cc1C. The first-order valence-electron chi connectivity index (χ1n) is 5.55. The van der Waals surface area contributed by atoms with Gasteiger partial charge in [-0.15, -0.1) is 0 Å². The molecule has 0 saturated carbocycles. The van der Waals surface area contributed by atoms with Crippen LogP contribution in [0.1, 0.15) is 16.7 Å². The van der Waals surface area contributed by atoms with Gasteiger partial charge in [-0.25, -0.2) is 0 Å². The maximum Gasteiger partial charge on any atom is 0.129 e. The summed E-state index contributed by atoms with van der Waals surface area (Å²) in [7, 11) is 0. The lowest BCUT2D eigenvalue weighted by Crippen LogP contribution is -1.87. The number of benzene rings is 2. The van der Waals surface area contributed by atoms with Crippen LogP contribution in [-0.2, 0) is 0 Å². The van der Waals surface area contributed by atoms with Gasteiger partial charge in [0.15, 0.2) is 0 Å². The van der Waals surface area contributed by atoms with E-state index in [9.17, 15) is 0 Å². The van der Waals surface area contributed by atoms with Crippen LogP contribution in [0.15, 0.2) is 36.4 Å². The molecule has 90 valence electrons. The molecule has 0 fully saturated rings. The predicted octanol–water partition coefficient (Wildman–Crippen LogP) is 4.62. The van der Waals surface area contributed by atoms with Gasteiger partial charge >= 0.3 is 0 Å². The third-order valence-electron chi connectivity index (χ3n) is 2.78. The van der Waals surface area contributed by atoms with Gasteiger partial charge < -0.3 is 4.74 Å². The Balaban J connectivity index is 2.26. The second-order valence-corrected chi connectivity index (χ2v) is 4.51. The zero-order valence-corrected chi connectivity index (χ0v) is 11.0. The molecule has 0 radical (unpaired) electrons. The molecular formula is C15H12ClNO. The van der Waals surface area contributed by atoms with Crippen molar-refractivity contribution in [2.24, 2.45) is 0 Å². The summed E-state index contributed by atoms with van der Waals surface area (Å²) in [5.74, 6) is 1.39. The van der Waals surface area contributed by atoms with Crippen LogP contribution in [0.3, 0.4) is 0 Å². The summed E-state index contributed by atoms with van der Waals surface area (Å²) < 4.78 is 5.70. The first kappa shape index (κ1) is 12.5. The number of hydrogen-bond donors (Lipinski definition) is 0. The van der Waals surface area contributed by atoms with Crippen molar-refractivity contribution in [3.05, 3.63) is 58.1 Å². The molecule has 0 aliphatic carbocycles. The molecule has 2 rings (SSSR count). The molecule has 0 N–H and O–H groups in total. The molecule has 0 amide bonds. The van der Waals surface area contributed by atoms with Gasteiger partial charge in [-0.1, -0.05) is 17.7 Å². The van der Waals surface area contributed by atoms with Gasteiger partial charge in [0.25, 0.3) is 0 Å². The summed E-state index contributed by atoms with van der Waals surface area (Å²) in [5.41, 5.74) is 2.84. The van der Waals surface area contributed by atoms with Crippen molar-refractivity contribution in [2.45, 2.75) is 13.8 Å². The number of halogens is 1. The third kappa shape index (κ3) is 2.64. The van der Waals surface area contributed by atoms with E-state index in [0.29, 0.717) is 16.3 Å². The fraction of sp³-hybridized carbons (Fsp3) is 0.133. The van der Waals surface area contributed by atoms with Gasteiger partial charge in [0, 0.05) is 6.07 Å². The van der Waals surface area contributed by atoms with E-state index in [1.54, 1.807) is 18.2 Å². The molecule has 3 heteroatoms. The van der Waals surface area contributed by atoms with Crippen LogP contribution in [0.2, 0.25) is 5.02 Å². The van der Waals surface area contributed by atoms with Crippen LogP contribution in [-0.4, -0.2) is 0 Å². The van der Waals surface area contributed by atoms with E-state index < -0.39 is 0 Å². The highest BCUT2D eigenvalue weighted by Gasteiger charge is 2.03. The molecule has 0 aliphatic rings. The first-order chi connectivity index (χ1) is 8.60. The zero-order chi connectivity index (χ0) is 13.1. The van der Waals surface area contributed by atoms with E-state index in [4.69, 9.17) is 21.6 Å². The minimum Gasteiger partial charge on any atom is -0.457 e. The van der Waals surface area contributed by atoms with E-state index in [-0.39, 0.29) is 0 Å². The number of nitrogens with zero attached hydrogens (tertiary/aromatic N) is 1. The second kappa shape index (κ2) is 5.12.